The van der Waals surface area contributed by atoms with Crippen LogP contribution in [0.15, 0.2) is 72.8 Å². The summed E-state index contributed by atoms with van der Waals surface area (Å²) in [7, 11) is 0. The van der Waals surface area contributed by atoms with E-state index in [2.05, 4.69) is 22.0 Å². The zero-order valence-electron chi connectivity index (χ0n) is 14.7. The molecular weight excluding hydrogens is 377 g/mol. The van der Waals surface area contributed by atoms with Gasteiger partial charge in [0, 0.05) is 23.1 Å². The summed E-state index contributed by atoms with van der Waals surface area (Å²) >= 11 is 12.8. The van der Waals surface area contributed by atoms with Crippen LogP contribution in [0.2, 0.25) is 10.0 Å². The van der Waals surface area contributed by atoms with Gasteiger partial charge in [0.25, 0.3) is 0 Å². The normalized spacial score (nSPS) is 11.4. The molecule has 0 amide bonds. The average molecular weight is 396 g/mol. The largest absolute Gasteiger partial charge is 0.341 e. The van der Waals surface area contributed by atoms with Crippen LogP contribution in [0.3, 0.4) is 0 Å². The van der Waals surface area contributed by atoms with Crippen LogP contribution in [0, 0.1) is 0 Å². The number of benzene rings is 3. The van der Waals surface area contributed by atoms with Crippen LogP contribution in [-0.2, 0) is 19.6 Å². The van der Waals surface area contributed by atoms with Crippen LogP contribution in [0.1, 0.15) is 17.0 Å². The number of fused-ring (bicyclic) bond motifs is 1. The number of aromatic amines is 1. The number of aromatic nitrogens is 2. The third-order valence-electron chi connectivity index (χ3n) is 4.52. The second kappa shape index (κ2) is 8.13. The van der Waals surface area contributed by atoms with Crippen molar-refractivity contribution in [1.29, 1.82) is 0 Å². The predicted molar refractivity (Wildman–Crippen MR) is 112 cm³/mol. The molecule has 4 aromatic rings. The topological polar surface area (TPSA) is 31.9 Å². The fourth-order valence-electron chi connectivity index (χ4n) is 3.20. The predicted octanol–water partition coefficient (Wildman–Crippen LogP) is 6.07. The van der Waals surface area contributed by atoms with Crippen molar-refractivity contribution in [3.05, 3.63) is 99.8 Å². The molecule has 0 aliphatic heterocycles. The molecule has 1 N–H and O–H groups in total. The van der Waals surface area contributed by atoms with Gasteiger partial charge in [0.1, 0.15) is 5.82 Å². The van der Waals surface area contributed by atoms with Crippen molar-refractivity contribution in [3.63, 3.8) is 0 Å². The first-order valence-corrected chi connectivity index (χ1v) is 9.57. The van der Waals surface area contributed by atoms with Crippen LogP contribution in [0.25, 0.3) is 11.0 Å². The van der Waals surface area contributed by atoms with Crippen LogP contribution in [-0.4, -0.2) is 14.9 Å². The number of hydrogen-bond acceptors (Lipinski definition) is 2. The fraction of sp³-hybridized carbons (Fsp3) is 0.136. The standard InChI is InChI=1S/C22H19Cl2N3/c23-18-9-3-1-7-16(18)13-27(14-17-8-2-4-10-19(17)24)15-22-25-20-11-5-6-12-21(20)26-22/h1-12H,13-15H2,(H,25,26). The molecule has 0 saturated carbocycles. The molecule has 4 rings (SSSR count). The molecule has 27 heavy (non-hydrogen) atoms. The highest BCUT2D eigenvalue weighted by molar-refractivity contribution is 6.31. The third kappa shape index (κ3) is 4.33. The summed E-state index contributed by atoms with van der Waals surface area (Å²) in [5.74, 6) is 0.926. The molecule has 0 saturated heterocycles. The molecule has 0 spiro atoms. The van der Waals surface area contributed by atoms with Crippen molar-refractivity contribution in [2.45, 2.75) is 19.6 Å². The lowest BCUT2D eigenvalue weighted by atomic mass is 10.1. The monoisotopic (exact) mass is 395 g/mol. The first-order chi connectivity index (χ1) is 13.2. The van der Waals surface area contributed by atoms with Crippen molar-refractivity contribution in [1.82, 2.24) is 14.9 Å². The second-order valence-corrected chi connectivity index (χ2v) is 7.34. The molecule has 0 aliphatic carbocycles. The zero-order chi connectivity index (χ0) is 18.6. The number of halogens is 2. The van der Waals surface area contributed by atoms with Gasteiger partial charge in [0.2, 0.25) is 0 Å². The fourth-order valence-corrected chi connectivity index (χ4v) is 3.59. The summed E-state index contributed by atoms with van der Waals surface area (Å²) < 4.78 is 0. The zero-order valence-corrected chi connectivity index (χ0v) is 16.2. The Balaban J connectivity index is 1.62. The number of rotatable bonds is 6. The van der Waals surface area contributed by atoms with E-state index in [1.807, 2.05) is 60.7 Å². The van der Waals surface area contributed by atoms with Gasteiger partial charge in [0.15, 0.2) is 0 Å². The highest BCUT2D eigenvalue weighted by Gasteiger charge is 2.14. The number of nitrogens with zero attached hydrogens (tertiary/aromatic N) is 2. The lowest BCUT2D eigenvalue weighted by Crippen LogP contribution is -2.23. The van der Waals surface area contributed by atoms with Crippen LogP contribution in [0.5, 0.6) is 0 Å². The van der Waals surface area contributed by atoms with E-state index in [1.54, 1.807) is 0 Å². The molecular formula is C22H19Cl2N3. The molecule has 0 fully saturated rings. The van der Waals surface area contributed by atoms with Crippen molar-refractivity contribution in [3.8, 4) is 0 Å². The minimum absolute atomic E-state index is 0.672. The van der Waals surface area contributed by atoms with Gasteiger partial charge in [-0.2, -0.15) is 0 Å². The molecule has 0 radical (unpaired) electrons. The van der Waals surface area contributed by atoms with Crippen molar-refractivity contribution < 1.29 is 0 Å². The van der Waals surface area contributed by atoms with Crippen LogP contribution in [0.4, 0.5) is 0 Å². The minimum Gasteiger partial charge on any atom is -0.341 e. The number of H-pyrrole nitrogens is 1. The number of nitrogens with one attached hydrogen (secondary N) is 1. The smallest absolute Gasteiger partial charge is 0.121 e. The number of para-hydroxylation sites is 2. The lowest BCUT2D eigenvalue weighted by Gasteiger charge is -2.22. The van der Waals surface area contributed by atoms with E-state index in [9.17, 15) is 0 Å². The summed E-state index contributed by atoms with van der Waals surface area (Å²) in [4.78, 5) is 10.4. The number of hydrogen-bond donors (Lipinski definition) is 1. The average Bonchev–Trinajstić information content (AvgIpc) is 3.07. The second-order valence-electron chi connectivity index (χ2n) is 6.53. The molecule has 1 heterocycles. The Morgan fingerprint density at radius 1 is 0.704 bits per heavy atom. The molecule has 0 aliphatic rings. The molecule has 3 aromatic carbocycles. The van der Waals surface area contributed by atoms with E-state index in [0.717, 1.165) is 38.0 Å². The molecule has 136 valence electrons. The third-order valence-corrected chi connectivity index (χ3v) is 5.25. The maximum atomic E-state index is 6.39. The van der Waals surface area contributed by atoms with Crippen molar-refractivity contribution in [2.75, 3.05) is 0 Å². The molecule has 1 aromatic heterocycles. The van der Waals surface area contributed by atoms with Gasteiger partial charge in [-0.25, -0.2) is 4.98 Å². The van der Waals surface area contributed by atoms with Crippen LogP contribution < -0.4 is 0 Å². The van der Waals surface area contributed by atoms with Gasteiger partial charge < -0.3 is 4.98 Å². The van der Waals surface area contributed by atoms with Gasteiger partial charge in [-0.05, 0) is 35.4 Å². The summed E-state index contributed by atoms with van der Waals surface area (Å²) in [6.07, 6.45) is 0. The summed E-state index contributed by atoms with van der Waals surface area (Å²) in [5.41, 5.74) is 4.19. The van der Waals surface area contributed by atoms with Gasteiger partial charge in [-0.1, -0.05) is 71.7 Å². The summed E-state index contributed by atoms with van der Waals surface area (Å²) in [6.45, 7) is 2.09. The Hall–Kier alpha value is -2.33. The van der Waals surface area contributed by atoms with Crippen molar-refractivity contribution in [2.24, 2.45) is 0 Å². The van der Waals surface area contributed by atoms with Crippen molar-refractivity contribution >= 4 is 34.2 Å². The maximum absolute atomic E-state index is 6.39. The van der Waals surface area contributed by atoms with Gasteiger partial charge in [-0.15, -0.1) is 0 Å². The van der Waals surface area contributed by atoms with E-state index in [0.29, 0.717) is 19.6 Å². The molecule has 3 nitrogen and oxygen atoms in total. The quantitative estimate of drug-likeness (QED) is 0.429. The van der Waals surface area contributed by atoms with Crippen LogP contribution >= 0.6 is 23.2 Å². The Bertz CT molecular complexity index is 978. The van der Waals surface area contributed by atoms with Gasteiger partial charge >= 0.3 is 0 Å². The van der Waals surface area contributed by atoms with E-state index in [4.69, 9.17) is 28.2 Å². The van der Waals surface area contributed by atoms with E-state index in [1.165, 1.54) is 0 Å². The lowest BCUT2D eigenvalue weighted by molar-refractivity contribution is 0.242. The van der Waals surface area contributed by atoms with E-state index < -0.39 is 0 Å². The van der Waals surface area contributed by atoms with E-state index >= 15 is 0 Å². The van der Waals surface area contributed by atoms with Gasteiger partial charge in [0.05, 0.1) is 17.6 Å². The molecule has 0 atom stereocenters. The molecule has 0 unspecified atom stereocenters. The Morgan fingerprint density at radius 3 is 1.85 bits per heavy atom. The summed E-state index contributed by atoms with van der Waals surface area (Å²) in [6, 6.07) is 23.9. The summed E-state index contributed by atoms with van der Waals surface area (Å²) in [5, 5.41) is 1.54. The number of imidazole rings is 1. The Morgan fingerprint density at radius 2 is 1.26 bits per heavy atom. The Labute approximate surface area is 168 Å². The maximum Gasteiger partial charge on any atom is 0.121 e. The highest BCUT2D eigenvalue weighted by atomic mass is 35.5. The molecule has 5 heteroatoms. The van der Waals surface area contributed by atoms with E-state index in [-0.39, 0.29) is 0 Å². The highest BCUT2D eigenvalue weighted by Crippen LogP contribution is 2.23. The first-order valence-electron chi connectivity index (χ1n) is 8.82. The van der Waals surface area contributed by atoms with Gasteiger partial charge in [-0.3, -0.25) is 4.90 Å². The minimum atomic E-state index is 0.672. The molecule has 0 bridgehead atoms. The SMILES string of the molecule is Clc1ccccc1CN(Cc1nc2ccccc2[nH]1)Cc1ccccc1Cl. The Kier molecular flexibility index (Phi) is 5.44. The first kappa shape index (κ1) is 18.1.